The van der Waals surface area contributed by atoms with E-state index in [0.29, 0.717) is 0 Å². The molecule has 0 spiro atoms. The largest absolute Gasteiger partial charge is 0.480 e. The summed E-state index contributed by atoms with van der Waals surface area (Å²) < 4.78 is 10.6. The van der Waals surface area contributed by atoms with Gasteiger partial charge in [0.2, 0.25) is 0 Å². The second-order valence-electron chi connectivity index (χ2n) is 2.18. The molecule has 0 saturated heterocycles. The Balaban J connectivity index is -0.000000500. The number of aliphatic carboxylic acids is 1. The molecule has 0 aliphatic rings. The molecule has 0 amide bonds. The van der Waals surface area contributed by atoms with Crippen molar-refractivity contribution in [2.45, 2.75) is 12.5 Å². The van der Waals surface area contributed by atoms with E-state index in [-0.39, 0.29) is 31.2 Å². The molecular formula is C5H18N3O4P. The predicted molar refractivity (Wildman–Crippen MR) is 51.2 cm³/mol. The van der Waals surface area contributed by atoms with E-state index in [1.165, 1.54) is 0 Å². The van der Waals surface area contributed by atoms with Crippen molar-refractivity contribution >= 4 is 13.8 Å². The number of aliphatic hydroxyl groups excluding tert-OH is 1. The fourth-order valence-corrected chi connectivity index (χ4v) is 1.31. The Morgan fingerprint density at radius 3 is 2.23 bits per heavy atom. The number of carboxylic acids is 1. The Bertz CT molecular complexity index is 166. The lowest BCUT2D eigenvalue weighted by atomic mass is 10.2. The molecule has 7 nitrogen and oxygen atoms in total. The summed E-state index contributed by atoms with van der Waals surface area (Å²) in [6.45, 7) is 0. The first-order chi connectivity index (χ1) is 5.07. The predicted octanol–water partition coefficient (Wildman–Crippen LogP) is -0.378. The molecule has 2 atom stereocenters. The molecule has 0 radical (unpaired) electrons. The molecule has 0 rings (SSSR count). The minimum absolute atomic E-state index is 0. The van der Waals surface area contributed by atoms with E-state index in [1.807, 2.05) is 0 Å². The Morgan fingerprint density at radius 1 is 1.46 bits per heavy atom. The van der Waals surface area contributed by atoms with E-state index in [1.54, 1.807) is 0 Å². The summed E-state index contributed by atoms with van der Waals surface area (Å²) in [6.07, 6.45) is -0.000666. The Kier molecular flexibility index (Phi) is 13.6. The lowest BCUT2D eigenvalue weighted by Crippen LogP contribution is -2.30. The average Bonchev–Trinajstić information content (AvgIpc) is 1.99. The van der Waals surface area contributed by atoms with Crippen molar-refractivity contribution in [1.82, 2.24) is 12.3 Å². The standard InChI is InChI=1S/C5H12NO4P.2H3N/c6-4(5(8)9)1-2-11(10)3-7;;/h4,7,11H,1-3,6H2,(H,8,9);2*1H3. The zero-order chi connectivity index (χ0) is 8.85. The van der Waals surface area contributed by atoms with Gasteiger partial charge in [0.15, 0.2) is 0 Å². The van der Waals surface area contributed by atoms with E-state index >= 15 is 0 Å². The number of nitrogens with two attached hydrogens (primary N) is 1. The van der Waals surface area contributed by atoms with E-state index in [9.17, 15) is 9.36 Å². The molecule has 0 aromatic carbocycles. The fourth-order valence-electron chi connectivity index (χ4n) is 0.519. The second kappa shape index (κ2) is 9.63. The third-order valence-corrected chi connectivity index (χ3v) is 2.43. The quantitative estimate of drug-likeness (QED) is 0.389. The number of hydrogen-bond acceptors (Lipinski definition) is 6. The van der Waals surface area contributed by atoms with Gasteiger partial charge < -0.3 is 32.8 Å². The zero-order valence-electron chi connectivity index (χ0n) is 7.40. The highest BCUT2D eigenvalue weighted by Gasteiger charge is 2.11. The molecule has 13 heavy (non-hydrogen) atoms. The molecule has 0 saturated carbocycles. The van der Waals surface area contributed by atoms with Crippen LogP contribution in [0.15, 0.2) is 0 Å². The number of carbonyl (C=O) groups is 1. The van der Waals surface area contributed by atoms with E-state index in [4.69, 9.17) is 15.9 Å². The summed E-state index contributed by atoms with van der Waals surface area (Å²) in [7, 11) is -1.99. The molecule has 0 aliphatic heterocycles. The smallest absolute Gasteiger partial charge is 0.320 e. The molecular weight excluding hydrogens is 197 g/mol. The van der Waals surface area contributed by atoms with Gasteiger partial charge in [-0.2, -0.15) is 0 Å². The minimum Gasteiger partial charge on any atom is -0.480 e. The van der Waals surface area contributed by atoms with Gasteiger partial charge in [0.05, 0.1) is 6.35 Å². The first kappa shape index (κ1) is 18.3. The van der Waals surface area contributed by atoms with Gasteiger partial charge in [-0.3, -0.25) is 4.79 Å². The summed E-state index contributed by atoms with van der Waals surface area (Å²) in [6, 6.07) is -0.963. The lowest BCUT2D eigenvalue weighted by molar-refractivity contribution is -0.138. The van der Waals surface area contributed by atoms with Crippen LogP contribution in [-0.2, 0) is 9.36 Å². The van der Waals surface area contributed by atoms with Crippen molar-refractivity contribution in [3.63, 3.8) is 0 Å². The van der Waals surface area contributed by atoms with Crippen molar-refractivity contribution in [2.75, 3.05) is 12.5 Å². The molecule has 0 aliphatic carbocycles. The molecule has 0 heterocycles. The molecule has 10 N–H and O–H groups in total. The van der Waals surface area contributed by atoms with Crippen molar-refractivity contribution in [3.8, 4) is 0 Å². The van der Waals surface area contributed by atoms with Crippen LogP contribution in [0.5, 0.6) is 0 Å². The van der Waals surface area contributed by atoms with Crippen molar-refractivity contribution in [1.29, 1.82) is 0 Å². The third-order valence-electron chi connectivity index (χ3n) is 1.23. The van der Waals surface area contributed by atoms with E-state index in [0.717, 1.165) is 0 Å². The van der Waals surface area contributed by atoms with Gasteiger partial charge in [0.25, 0.3) is 0 Å². The van der Waals surface area contributed by atoms with Gasteiger partial charge in [-0.15, -0.1) is 0 Å². The van der Waals surface area contributed by atoms with Gasteiger partial charge in [-0.25, -0.2) is 0 Å². The SMILES string of the molecule is N.N.NC(CC[PH](=O)CO)C(=O)O. The van der Waals surface area contributed by atoms with Gasteiger partial charge in [0.1, 0.15) is 13.8 Å². The van der Waals surface area contributed by atoms with Crippen LogP contribution in [0, 0.1) is 0 Å². The van der Waals surface area contributed by atoms with Gasteiger partial charge in [0, 0.05) is 6.16 Å². The maximum Gasteiger partial charge on any atom is 0.320 e. The normalized spacial score (nSPS) is 13.4. The third kappa shape index (κ3) is 9.45. The lowest BCUT2D eigenvalue weighted by Gasteiger charge is -2.03. The number of rotatable bonds is 5. The molecule has 82 valence electrons. The first-order valence-corrected chi connectivity index (χ1v) is 5.01. The number of hydrogen-bond donors (Lipinski definition) is 5. The Hall–Kier alpha value is -0.460. The molecule has 2 unspecified atom stereocenters. The Morgan fingerprint density at radius 2 is 1.92 bits per heavy atom. The minimum atomic E-state index is -1.99. The highest BCUT2D eigenvalue weighted by Crippen LogP contribution is 2.19. The van der Waals surface area contributed by atoms with Crippen LogP contribution in [0.3, 0.4) is 0 Å². The monoisotopic (exact) mass is 215 g/mol. The molecule has 0 aromatic heterocycles. The number of carboxylic acid groups (broad SMARTS) is 1. The van der Waals surface area contributed by atoms with Crippen molar-refractivity contribution in [3.05, 3.63) is 0 Å². The summed E-state index contributed by atoms with van der Waals surface area (Å²) >= 11 is 0. The maximum atomic E-state index is 10.6. The summed E-state index contributed by atoms with van der Waals surface area (Å²) in [4.78, 5) is 10.1. The summed E-state index contributed by atoms with van der Waals surface area (Å²) in [5, 5.41) is 16.6. The summed E-state index contributed by atoms with van der Waals surface area (Å²) in [5.41, 5.74) is 5.12. The van der Waals surface area contributed by atoms with Crippen LogP contribution in [0.25, 0.3) is 0 Å². The van der Waals surface area contributed by atoms with Gasteiger partial charge in [-0.05, 0) is 6.42 Å². The van der Waals surface area contributed by atoms with Crippen LogP contribution >= 0.6 is 7.80 Å². The Labute approximate surface area is 77.3 Å². The average molecular weight is 215 g/mol. The van der Waals surface area contributed by atoms with Crippen molar-refractivity contribution in [2.24, 2.45) is 5.73 Å². The molecule has 0 bridgehead atoms. The molecule has 8 heteroatoms. The molecule has 0 fully saturated rings. The van der Waals surface area contributed by atoms with Crippen LogP contribution in [0.2, 0.25) is 0 Å². The van der Waals surface area contributed by atoms with Crippen LogP contribution in [0.4, 0.5) is 0 Å². The van der Waals surface area contributed by atoms with Crippen LogP contribution < -0.4 is 18.0 Å². The highest BCUT2D eigenvalue weighted by molar-refractivity contribution is 7.44. The van der Waals surface area contributed by atoms with E-state index in [2.05, 4.69) is 0 Å². The van der Waals surface area contributed by atoms with Crippen molar-refractivity contribution < 1.29 is 19.6 Å². The highest BCUT2D eigenvalue weighted by atomic mass is 31.1. The summed E-state index contributed by atoms with van der Waals surface area (Å²) in [5.74, 6) is -1.10. The first-order valence-electron chi connectivity index (χ1n) is 3.19. The second-order valence-corrected chi connectivity index (χ2v) is 4.07. The maximum absolute atomic E-state index is 10.6. The fraction of sp³-hybridized carbons (Fsp3) is 0.800. The van der Waals surface area contributed by atoms with Crippen LogP contribution in [-0.4, -0.2) is 34.7 Å². The van der Waals surface area contributed by atoms with Crippen LogP contribution in [0.1, 0.15) is 6.42 Å². The number of aliphatic hydroxyl groups is 1. The van der Waals surface area contributed by atoms with Gasteiger partial charge in [-0.1, -0.05) is 0 Å². The van der Waals surface area contributed by atoms with Gasteiger partial charge >= 0.3 is 5.97 Å². The topological polar surface area (TPSA) is 171 Å². The molecule has 0 aromatic rings. The zero-order valence-corrected chi connectivity index (χ0v) is 8.40. The van der Waals surface area contributed by atoms with E-state index < -0.39 is 19.8 Å².